The van der Waals surface area contributed by atoms with Crippen molar-refractivity contribution in [2.45, 2.75) is 27.3 Å². The lowest BCUT2D eigenvalue weighted by molar-refractivity contribution is 0.549. The van der Waals surface area contributed by atoms with Crippen LogP contribution in [-0.4, -0.2) is 18.6 Å². The standard InChI is InChI=1S/C16H23N3S/c1-12(2)9-17-10-14-11-20-16(18-14)19(4)15-7-5-13(3)6-8-15/h5-8,11-12,17H,9-10H2,1-4H3. The molecule has 4 heteroatoms. The van der Waals surface area contributed by atoms with E-state index in [1.54, 1.807) is 11.3 Å². The van der Waals surface area contributed by atoms with E-state index in [0.717, 1.165) is 23.9 Å². The van der Waals surface area contributed by atoms with Crippen LogP contribution in [-0.2, 0) is 6.54 Å². The lowest BCUT2D eigenvalue weighted by Crippen LogP contribution is -2.19. The fraction of sp³-hybridized carbons (Fsp3) is 0.438. The molecule has 0 saturated carbocycles. The monoisotopic (exact) mass is 289 g/mol. The van der Waals surface area contributed by atoms with E-state index in [-0.39, 0.29) is 0 Å². The molecule has 0 spiro atoms. The molecule has 1 heterocycles. The summed E-state index contributed by atoms with van der Waals surface area (Å²) < 4.78 is 0. The molecule has 1 aromatic heterocycles. The molecular weight excluding hydrogens is 266 g/mol. The third-order valence-electron chi connectivity index (χ3n) is 3.11. The molecule has 0 saturated heterocycles. The molecule has 0 aliphatic heterocycles. The molecule has 3 nitrogen and oxygen atoms in total. The van der Waals surface area contributed by atoms with Crippen molar-refractivity contribution in [3.05, 3.63) is 40.9 Å². The number of thiazole rings is 1. The summed E-state index contributed by atoms with van der Waals surface area (Å²) in [4.78, 5) is 6.82. The maximum absolute atomic E-state index is 4.69. The van der Waals surface area contributed by atoms with Crippen LogP contribution in [0, 0.1) is 12.8 Å². The molecule has 0 fully saturated rings. The molecule has 0 aliphatic rings. The van der Waals surface area contributed by atoms with Crippen molar-refractivity contribution in [1.82, 2.24) is 10.3 Å². The zero-order valence-electron chi connectivity index (χ0n) is 12.7. The molecule has 1 N–H and O–H groups in total. The van der Waals surface area contributed by atoms with E-state index in [2.05, 4.69) is 72.7 Å². The minimum absolute atomic E-state index is 0.670. The predicted octanol–water partition coefficient (Wildman–Crippen LogP) is 3.97. The molecule has 108 valence electrons. The summed E-state index contributed by atoms with van der Waals surface area (Å²) >= 11 is 1.69. The van der Waals surface area contributed by atoms with E-state index in [1.165, 1.54) is 11.3 Å². The van der Waals surface area contributed by atoms with Crippen molar-refractivity contribution < 1.29 is 0 Å². The minimum Gasteiger partial charge on any atom is -0.321 e. The van der Waals surface area contributed by atoms with Gasteiger partial charge in [0.1, 0.15) is 0 Å². The van der Waals surface area contributed by atoms with Crippen LogP contribution >= 0.6 is 11.3 Å². The van der Waals surface area contributed by atoms with Gasteiger partial charge < -0.3 is 10.2 Å². The highest BCUT2D eigenvalue weighted by Gasteiger charge is 2.08. The van der Waals surface area contributed by atoms with Gasteiger partial charge in [0, 0.05) is 24.7 Å². The van der Waals surface area contributed by atoms with Gasteiger partial charge in [0.15, 0.2) is 5.13 Å². The average Bonchev–Trinajstić information content (AvgIpc) is 2.87. The number of rotatable bonds is 6. The quantitative estimate of drug-likeness (QED) is 0.872. The number of benzene rings is 1. The van der Waals surface area contributed by atoms with Crippen molar-refractivity contribution in [2.24, 2.45) is 5.92 Å². The largest absolute Gasteiger partial charge is 0.321 e. The Kier molecular flexibility index (Phi) is 5.15. The third-order valence-corrected chi connectivity index (χ3v) is 4.07. The van der Waals surface area contributed by atoms with Gasteiger partial charge in [0.2, 0.25) is 0 Å². The highest BCUT2D eigenvalue weighted by molar-refractivity contribution is 7.13. The van der Waals surface area contributed by atoms with Crippen molar-refractivity contribution in [2.75, 3.05) is 18.5 Å². The van der Waals surface area contributed by atoms with Crippen LogP contribution < -0.4 is 10.2 Å². The number of aromatic nitrogens is 1. The van der Waals surface area contributed by atoms with Crippen molar-refractivity contribution in [3.63, 3.8) is 0 Å². The first kappa shape index (κ1) is 15.0. The Labute approximate surface area is 125 Å². The highest BCUT2D eigenvalue weighted by Crippen LogP contribution is 2.26. The van der Waals surface area contributed by atoms with Gasteiger partial charge in [0.25, 0.3) is 0 Å². The van der Waals surface area contributed by atoms with Crippen molar-refractivity contribution in [3.8, 4) is 0 Å². The van der Waals surface area contributed by atoms with Gasteiger partial charge in [-0.05, 0) is 31.5 Å². The second-order valence-electron chi connectivity index (χ2n) is 5.54. The average molecular weight is 289 g/mol. The van der Waals surface area contributed by atoms with Crippen LogP contribution in [0.3, 0.4) is 0 Å². The van der Waals surface area contributed by atoms with Gasteiger partial charge >= 0.3 is 0 Å². The van der Waals surface area contributed by atoms with Crippen LogP contribution in [0.5, 0.6) is 0 Å². The zero-order valence-corrected chi connectivity index (χ0v) is 13.5. The molecule has 2 aromatic rings. The SMILES string of the molecule is Cc1ccc(N(C)c2nc(CNCC(C)C)cs2)cc1. The lowest BCUT2D eigenvalue weighted by Gasteiger charge is -2.15. The van der Waals surface area contributed by atoms with Gasteiger partial charge in [-0.3, -0.25) is 0 Å². The molecule has 0 radical (unpaired) electrons. The second-order valence-corrected chi connectivity index (χ2v) is 6.38. The van der Waals surface area contributed by atoms with Crippen LogP contribution in [0.15, 0.2) is 29.6 Å². The van der Waals surface area contributed by atoms with E-state index < -0.39 is 0 Å². The smallest absolute Gasteiger partial charge is 0.189 e. The summed E-state index contributed by atoms with van der Waals surface area (Å²) in [5.74, 6) is 0.670. The van der Waals surface area contributed by atoms with E-state index >= 15 is 0 Å². The number of anilines is 2. The van der Waals surface area contributed by atoms with Gasteiger partial charge in [-0.25, -0.2) is 4.98 Å². The molecule has 0 amide bonds. The van der Waals surface area contributed by atoms with Gasteiger partial charge in [-0.1, -0.05) is 31.5 Å². The minimum atomic E-state index is 0.670. The topological polar surface area (TPSA) is 28.2 Å². The number of nitrogens with one attached hydrogen (secondary N) is 1. The van der Waals surface area contributed by atoms with E-state index in [4.69, 9.17) is 0 Å². The van der Waals surface area contributed by atoms with Crippen LogP contribution in [0.2, 0.25) is 0 Å². The molecule has 0 bridgehead atoms. The summed E-state index contributed by atoms with van der Waals surface area (Å²) in [6, 6.07) is 8.52. The molecule has 2 rings (SSSR count). The molecule has 0 atom stereocenters. The predicted molar refractivity (Wildman–Crippen MR) is 87.9 cm³/mol. The van der Waals surface area contributed by atoms with Crippen LogP contribution in [0.25, 0.3) is 0 Å². The zero-order chi connectivity index (χ0) is 14.5. The molecular formula is C16H23N3S. The number of aryl methyl sites for hydroxylation is 1. The summed E-state index contributed by atoms with van der Waals surface area (Å²) in [6.07, 6.45) is 0. The van der Waals surface area contributed by atoms with Crippen LogP contribution in [0.4, 0.5) is 10.8 Å². The first-order chi connectivity index (χ1) is 9.56. The highest BCUT2D eigenvalue weighted by atomic mass is 32.1. The summed E-state index contributed by atoms with van der Waals surface area (Å²) in [5.41, 5.74) is 3.57. The normalized spacial score (nSPS) is 11.1. The number of hydrogen-bond acceptors (Lipinski definition) is 4. The summed E-state index contributed by atoms with van der Waals surface area (Å²) in [6.45, 7) is 8.40. The Hall–Kier alpha value is -1.39. The first-order valence-electron chi connectivity index (χ1n) is 7.02. The Balaban J connectivity index is 1.99. The molecule has 20 heavy (non-hydrogen) atoms. The maximum Gasteiger partial charge on any atom is 0.189 e. The second kappa shape index (κ2) is 6.86. The Morgan fingerprint density at radius 2 is 1.95 bits per heavy atom. The van der Waals surface area contributed by atoms with Gasteiger partial charge in [-0.2, -0.15) is 0 Å². The Morgan fingerprint density at radius 1 is 1.25 bits per heavy atom. The van der Waals surface area contributed by atoms with E-state index in [9.17, 15) is 0 Å². The number of nitrogens with zero attached hydrogens (tertiary/aromatic N) is 2. The Morgan fingerprint density at radius 3 is 2.60 bits per heavy atom. The van der Waals surface area contributed by atoms with Gasteiger partial charge in [-0.15, -0.1) is 11.3 Å². The third kappa shape index (κ3) is 4.05. The van der Waals surface area contributed by atoms with E-state index in [1.807, 2.05) is 0 Å². The fourth-order valence-corrected chi connectivity index (χ4v) is 2.71. The van der Waals surface area contributed by atoms with Gasteiger partial charge in [0.05, 0.1) is 5.69 Å². The number of hydrogen-bond donors (Lipinski definition) is 1. The van der Waals surface area contributed by atoms with Crippen LogP contribution in [0.1, 0.15) is 25.1 Å². The van der Waals surface area contributed by atoms with E-state index in [0.29, 0.717) is 5.92 Å². The first-order valence-corrected chi connectivity index (χ1v) is 7.89. The van der Waals surface area contributed by atoms with Crippen molar-refractivity contribution >= 4 is 22.2 Å². The Bertz CT molecular complexity index is 531. The lowest BCUT2D eigenvalue weighted by atomic mass is 10.2. The van der Waals surface area contributed by atoms with Crippen molar-refractivity contribution in [1.29, 1.82) is 0 Å². The molecule has 0 unspecified atom stereocenters. The molecule has 1 aromatic carbocycles. The molecule has 0 aliphatic carbocycles. The summed E-state index contributed by atoms with van der Waals surface area (Å²) in [5, 5.41) is 6.60. The maximum atomic E-state index is 4.69. The fourth-order valence-electron chi connectivity index (χ4n) is 1.90. The summed E-state index contributed by atoms with van der Waals surface area (Å²) in [7, 11) is 2.06.